The summed E-state index contributed by atoms with van der Waals surface area (Å²) in [5.74, 6) is -0.636. The summed E-state index contributed by atoms with van der Waals surface area (Å²) < 4.78 is 10.3. The van der Waals surface area contributed by atoms with Crippen LogP contribution in [0.15, 0.2) is 30.5 Å². The minimum absolute atomic E-state index is 0.0153. The number of hydrogen-bond donors (Lipinski definition) is 2. The van der Waals surface area contributed by atoms with Gasteiger partial charge in [-0.15, -0.1) is 0 Å². The first-order chi connectivity index (χ1) is 11.6. The molecule has 8 nitrogen and oxygen atoms in total. The van der Waals surface area contributed by atoms with Crippen LogP contribution in [0, 0.1) is 0 Å². The summed E-state index contributed by atoms with van der Waals surface area (Å²) in [6.07, 6.45) is 0.451. The van der Waals surface area contributed by atoms with Crippen molar-refractivity contribution in [3.05, 3.63) is 36.0 Å². The van der Waals surface area contributed by atoms with Gasteiger partial charge in [-0.05, 0) is 24.3 Å². The second kappa shape index (κ2) is 6.71. The van der Waals surface area contributed by atoms with E-state index in [1.165, 1.54) is 11.1 Å². The Morgan fingerprint density at radius 3 is 2.79 bits per heavy atom. The van der Waals surface area contributed by atoms with E-state index in [0.717, 1.165) is 5.56 Å². The van der Waals surface area contributed by atoms with E-state index in [9.17, 15) is 9.59 Å². The third kappa shape index (κ3) is 3.09. The second-order valence-electron chi connectivity index (χ2n) is 5.34. The van der Waals surface area contributed by atoms with Crippen LogP contribution in [-0.4, -0.2) is 65.0 Å². The van der Waals surface area contributed by atoms with Gasteiger partial charge in [0, 0.05) is 12.1 Å². The molecule has 2 N–H and O–H groups in total. The molecular weight excluding hydrogens is 314 g/mol. The lowest BCUT2D eigenvalue weighted by molar-refractivity contribution is -0.154. The zero-order chi connectivity index (χ0) is 17.1. The number of morpholine rings is 1. The van der Waals surface area contributed by atoms with E-state index in [1.54, 1.807) is 19.2 Å². The highest BCUT2D eigenvalue weighted by molar-refractivity contribution is 6.00. The molecule has 0 aliphatic carbocycles. The predicted octanol–water partition coefficient (Wildman–Crippen LogP) is 1.01. The number of nitrogens with zero attached hydrogens (tertiary/aromatic N) is 2. The minimum Gasteiger partial charge on any atom is -0.497 e. The Kier molecular flexibility index (Phi) is 4.48. The molecule has 24 heavy (non-hydrogen) atoms. The molecule has 1 aromatic carbocycles. The lowest BCUT2D eigenvalue weighted by Gasteiger charge is -2.30. The van der Waals surface area contributed by atoms with Crippen LogP contribution in [0.4, 0.5) is 0 Å². The van der Waals surface area contributed by atoms with E-state index in [0.29, 0.717) is 23.6 Å². The van der Waals surface area contributed by atoms with Gasteiger partial charge in [0.1, 0.15) is 5.75 Å². The monoisotopic (exact) mass is 331 g/mol. The van der Waals surface area contributed by atoms with Crippen LogP contribution in [0.3, 0.4) is 0 Å². The normalized spacial score (nSPS) is 17.5. The molecule has 1 saturated heterocycles. The van der Waals surface area contributed by atoms with Gasteiger partial charge in [-0.1, -0.05) is 0 Å². The Labute approximate surface area is 138 Å². The number of benzene rings is 1. The first-order valence-electron chi connectivity index (χ1n) is 7.41. The average molecular weight is 331 g/mol. The number of hydrogen-bond acceptors (Lipinski definition) is 5. The fourth-order valence-electron chi connectivity index (χ4n) is 2.58. The SMILES string of the molecule is COc1ccc(-c2[nH]ncc2C(=O)N2CCO[C@H](C(=O)O)C2)cc1. The average Bonchev–Trinajstić information content (AvgIpc) is 3.11. The summed E-state index contributed by atoms with van der Waals surface area (Å²) >= 11 is 0. The second-order valence-corrected chi connectivity index (χ2v) is 5.34. The molecule has 1 aliphatic heterocycles. The first kappa shape index (κ1) is 16.0. The summed E-state index contributed by atoms with van der Waals surface area (Å²) in [5.41, 5.74) is 1.77. The van der Waals surface area contributed by atoms with Crippen molar-refractivity contribution in [2.75, 3.05) is 26.8 Å². The smallest absolute Gasteiger partial charge is 0.334 e. The molecule has 126 valence electrons. The van der Waals surface area contributed by atoms with E-state index in [1.807, 2.05) is 12.1 Å². The Morgan fingerprint density at radius 1 is 1.38 bits per heavy atom. The summed E-state index contributed by atoms with van der Waals surface area (Å²) in [6, 6.07) is 7.23. The molecule has 0 spiro atoms. The van der Waals surface area contributed by atoms with Gasteiger partial charge in [0.15, 0.2) is 6.10 Å². The molecule has 1 aromatic heterocycles. The fraction of sp³-hybridized carbons (Fsp3) is 0.312. The number of H-pyrrole nitrogens is 1. The topological polar surface area (TPSA) is 105 Å². The van der Waals surface area contributed by atoms with Crippen LogP contribution in [0.2, 0.25) is 0 Å². The van der Waals surface area contributed by atoms with Gasteiger partial charge >= 0.3 is 5.97 Å². The first-order valence-corrected chi connectivity index (χ1v) is 7.41. The molecule has 0 unspecified atom stereocenters. The summed E-state index contributed by atoms with van der Waals surface area (Å²) in [7, 11) is 1.58. The fourth-order valence-corrected chi connectivity index (χ4v) is 2.58. The van der Waals surface area contributed by atoms with Crippen LogP contribution >= 0.6 is 0 Å². The molecule has 3 rings (SSSR count). The molecule has 2 heterocycles. The van der Waals surface area contributed by atoms with E-state index >= 15 is 0 Å². The molecule has 1 aliphatic rings. The number of methoxy groups -OCH3 is 1. The third-order valence-corrected chi connectivity index (χ3v) is 3.88. The third-order valence-electron chi connectivity index (χ3n) is 3.88. The summed E-state index contributed by atoms with van der Waals surface area (Å²) in [4.78, 5) is 25.3. The van der Waals surface area contributed by atoms with Gasteiger partial charge in [0.2, 0.25) is 0 Å². The van der Waals surface area contributed by atoms with E-state index in [4.69, 9.17) is 14.6 Å². The molecule has 0 radical (unpaired) electrons. The number of nitrogens with one attached hydrogen (secondary N) is 1. The van der Waals surface area contributed by atoms with Crippen molar-refractivity contribution in [3.8, 4) is 17.0 Å². The van der Waals surface area contributed by atoms with Gasteiger partial charge in [-0.2, -0.15) is 5.10 Å². The number of rotatable bonds is 4. The maximum atomic E-state index is 12.7. The van der Waals surface area contributed by atoms with E-state index in [2.05, 4.69) is 10.2 Å². The van der Waals surface area contributed by atoms with Gasteiger partial charge in [0.05, 0.1) is 37.7 Å². The Morgan fingerprint density at radius 2 is 2.12 bits per heavy atom. The number of carbonyl (C=O) groups excluding carboxylic acids is 1. The molecule has 1 atom stereocenters. The highest BCUT2D eigenvalue weighted by atomic mass is 16.5. The van der Waals surface area contributed by atoms with Gasteiger partial charge in [-0.3, -0.25) is 9.89 Å². The van der Waals surface area contributed by atoms with Crippen LogP contribution in [-0.2, 0) is 9.53 Å². The van der Waals surface area contributed by atoms with Crippen molar-refractivity contribution in [2.24, 2.45) is 0 Å². The zero-order valence-corrected chi connectivity index (χ0v) is 13.1. The number of carbonyl (C=O) groups is 2. The maximum absolute atomic E-state index is 12.7. The van der Waals surface area contributed by atoms with Crippen molar-refractivity contribution < 1.29 is 24.2 Å². The molecule has 2 aromatic rings. The summed E-state index contributed by atoms with van der Waals surface area (Å²) in [5, 5.41) is 15.8. The zero-order valence-electron chi connectivity index (χ0n) is 13.1. The van der Waals surface area contributed by atoms with E-state index in [-0.39, 0.29) is 19.1 Å². The molecular formula is C16H17N3O5. The number of aromatic amines is 1. The molecule has 0 saturated carbocycles. The standard InChI is InChI=1S/C16H17N3O5/c1-23-11-4-2-10(3-5-11)14-12(8-17-18-14)15(20)19-6-7-24-13(9-19)16(21)22/h2-5,8,13H,6-7,9H2,1H3,(H,17,18)(H,21,22)/t13-/m0/s1. The van der Waals surface area contributed by atoms with Crippen LogP contribution in [0.25, 0.3) is 11.3 Å². The van der Waals surface area contributed by atoms with Crippen molar-refractivity contribution >= 4 is 11.9 Å². The maximum Gasteiger partial charge on any atom is 0.334 e. The number of aliphatic carboxylic acids is 1. The largest absolute Gasteiger partial charge is 0.497 e. The van der Waals surface area contributed by atoms with Gasteiger partial charge < -0.3 is 19.5 Å². The molecule has 8 heteroatoms. The van der Waals surface area contributed by atoms with Crippen LogP contribution < -0.4 is 4.74 Å². The summed E-state index contributed by atoms with van der Waals surface area (Å²) in [6.45, 7) is 0.551. The molecule has 1 amide bonds. The predicted molar refractivity (Wildman–Crippen MR) is 83.9 cm³/mol. The van der Waals surface area contributed by atoms with Crippen LogP contribution in [0.5, 0.6) is 5.75 Å². The highest BCUT2D eigenvalue weighted by Crippen LogP contribution is 2.25. The highest BCUT2D eigenvalue weighted by Gasteiger charge is 2.31. The Hall–Kier alpha value is -2.87. The minimum atomic E-state index is -1.07. The van der Waals surface area contributed by atoms with Crippen molar-refractivity contribution in [3.63, 3.8) is 0 Å². The lowest BCUT2D eigenvalue weighted by Crippen LogP contribution is -2.48. The van der Waals surface area contributed by atoms with Gasteiger partial charge in [-0.25, -0.2) is 4.79 Å². The number of carboxylic acid groups (broad SMARTS) is 1. The van der Waals surface area contributed by atoms with Crippen molar-refractivity contribution in [2.45, 2.75) is 6.10 Å². The number of ether oxygens (including phenoxy) is 2. The Bertz CT molecular complexity index is 740. The van der Waals surface area contributed by atoms with E-state index < -0.39 is 12.1 Å². The number of aromatic nitrogens is 2. The molecule has 0 bridgehead atoms. The van der Waals surface area contributed by atoms with Gasteiger partial charge in [0.25, 0.3) is 5.91 Å². The van der Waals surface area contributed by atoms with Crippen molar-refractivity contribution in [1.29, 1.82) is 0 Å². The van der Waals surface area contributed by atoms with Crippen molar-refractivity contribution in [1.82, 2.24) is 15.1 Å². The quantitative estimate of drug-likeness (QED) is 0.866. The molecule has 1 fully saturated rings. The lowest BCUT2D eigenvalue weighted by atomic mass is 10.1. The number of carboxylic acids is 1. The number of amides is 1. The van der Waals surface area contributed by atoms with Crippen LogP contribution in [0.1, 0.15) is 10.4 Å². The Balaban J connectivity index is 1.83.